The van der Waals surface area contributed by atoms with Gasteiger partial charge in [0.05, 0.1) is 24.1 Å². The number of carbonyl (C=O) groups excluding carboxylic acids is 1. The summed E-state index contributed by atoms with van der Waals surface area (Å²) in [6.07, 6.45) is 4.42. The molecule has 1 aromatic heterocycles. The van der Waals surface area contributed by atoms with Crippen LogP contribution < -0.4 is 4.74 Å². The number of halogens is 1. The van der Waals surface area contributed by atoms with E-state index in [0.29, 0.717) is 29.7 Å². The van der Waals surface area contributed by atoms with Crippen molar-refractivity contribution in [3.63, 3.8) is 0 Å². The zero-order valence-electron chi connectivity index (χ0n) is 13.6. The number of ether oxygens (including phenoxy) is 1. The highest BCUT2D eigenvalue weighted by Gasteiger charge is 2.31. The minimum atomic E-state index is -0.125. The molecule has 24 heavy (non-hydrogen) atoms. The molecule has 0 unspecified atom stereocenters. The van der Waals surface area contributed by atoms with Gasteiger partial charge in [0.25, 0.3) is 0 Å². The van der Waals surface area contributed by atoms with E-state index in [-0.39, 0.29) is 18.4 Å². The lowest BCUT2D eigenvalue weighted by molar-refractivity contribution is -0.134. The molecule has 2 aromatic rings. The van der Waals surface area contributed by atoms with E-state index in [1.54, 1.807) is 6.07 Å². The lowest BCUT2D eigenvalue weighted by atomic mass is 10.00. The number of amides is 1. The number of likely N-dealkylation sites (tertiary alicyclic amines) is 1. The van der Waals surface area contributed by atoms with Gasteiger partial charge >= 0.3 is 0 Å². The van der Waals surface area contributed by atoms with Crippen LogP contribution in [0.25, 0.3) is 0 Å². The van der Waals surface area contributed by atoms with Crippen molar-refractivity contribution in [1.82, 2.24) is 15.0 Å². The Labute approximate surface area is 145 Å². The maximum absolute atomic E-state index is 12.9. The zero-order valence-corrected chi connectivity index (χ0v) is 14.3. The highest BCUT2D eigenvalue weighted by atomic mass is 35.5. The van der Waals surface area contributed by atoms with Crippen LogP contribution in [0.1, 0.15) is 43.6 Å². The summed E-state index contributed by atoms with van der Waals surface area (Å²) in [6, 6.07) is 5.35. The molecule has 1 aliphatic rings. The summed E-state index contributed by atoms with van der Waals surface area (Å²) in [5, 5.41) is 4.44. The van der Waals surface area contributed by atoms with Gasteiger partial charge in [0.15, 0.2) is 5.82 Å². The second-order valence-electron chi connectivity index (χ2n) is 5.73. The molecule has 0 saturated carbocycles. The average Bonchev–Trinajstić information content (AvgIpc) is 3.12. The number of hydrogen-bond donors (Lipinski definition) is 0. The summed E-state index contributed by atoms with van der Waals surface area (Å²) in [5.74, 6) is 1.18. The van der Waals surface area contributed by atoms with Crippen LogP contribution in [0.3, 0.4) is 0 Å². The quantitative estimate of drug-likeness (QED) is 0.827. The first kappa shape index (κ1) is 16.8. The van der Waals surface area contributed by atoms with Crippen molar-refractivity contribution in [1.29, 1.82) is 0 Å². The first-order valence-electron chi connectivity index (χ1n) is 8.16. The third-order valence-electron chi connectivity index (χ3n) is 4.18. The van der Waals surface area contributed by atoms with Crippen LogP contribution in [0.15, 0.2) is 29.1 Å². The Hall–Kier alpha value is -2.08. The first-order valence-corrected chi connectivity index (χ1v) is 8.54. The van der Waals surface area contributed by atoms with Gasteiger partial charge in [-0.1, -0.05) is 28.9 Å². The molecule has 6 nitrogen and oxygen atoms in total. The zero-order chi connectivity index (χ0) is 16.9. The SMILES string of the molecule is CCOc1c(Cl)cccc1CC(=O)N1CCCC[C@@H]1c1ncon1. The van der Waals surface area contributed by atoms with Gasteiger partial charge in [-0.2, -0.15) is 4.98 Å². The maximum Gasteiger partial charge on any atom is 0.227 e. The molecule has 0 aliphatic carbocycles. The van der Waals surface area contributed by atoms with Gasteiger partial charge in [0.1, 0.15) is 5.75 Å². The van der Waals surface area contributed by atoms with Crippen molar-refractivity contribution in [2.45, 2.75) is 38.6 Å². The predicted octanol–water partition coefficient (Wildman–Crippen LogP) is 3.42. The van der Waals surface area contributed by atoms with Gasteiger partial charge in [-0.25, -0.2) is 0 Å². The summed E-state index contributed by atoms with van der Waals surface area (Å²) < 4.78 is 10.5. The lowest BCUT2D eigenvalue weighted by Gasteiger charge is -2.34. The third kappa shape index (κ3) is 3.53. The number of hydrogen-bond acceptors (Lipinski definition) is 5. The number of carbonyl (C=O) groups is 1. The van der Waals surface area contributed by atoms with E-state index in [2.05, 4.69) is 10.1 Å². The second-order valence-corrected chi connectivity index (χ2v) is 6.13. The highest BCUT2D eigenvalue weighted by molar-refractivity contribution is 6.32. The lowest BCUT2D eigenvalue weighted by Crippen LogP contribution is -2.39. The number of aromatic nitrogens is 2. The maximum atomic E-state index is 12.9. The molecule has 1 aliphatic heterocycles. The standard InChI is InChI=1S/C17H20ClN3O3/c1-2-23-16-12(6-5-7-13(16)18)10-15(22)21-9-4-3-8-14(21)17-19-11-24-20-17/h5-7,11,14H,2-4,8-10H2,1H3/t14-/m1/s1. The largest absolute Gasteiger partial charge is 0.492 e. The molecule has 0 bridgehead atoms. The summed E-state index contributed by atoms with van der Waals surface area (Å²) in [4.78, 5) is 18.8. The fraction of sp³-hybridized carbons (Fsp3) is 0.471. The normalized spacial score (nSPS) is 17.8. The molecule has 0 radical (unpaired) electrons. The Morgan fingerprint density at radius 3 is 3.08 bits per heavy atom. The molecule has 7 heteroatoms. The van der Waals surface area contributed by atoms with E-state index in [1.165, 1.54) is 6.39 Å². The Balaban J connectivity index is 1.80. The monoisotopic (exact) mass is 349 g/mol. The van der Waals surface area contributed by atoms with Crippen LogP contribution in [0.5, 0.6) is 5.75 Å². The van der Waals surface area contributed by atoms with E-state index in [1.807, 2.05) is 24.0 Å². The van der Waals surface area contributed by atoms with Crippen LogP contribution in [0.2, 0.25) is 5.02 Å². The molecule has 0 N–H and O–H groups in total. The van der Waals surface area contributed by atoms with Gasteiger partial charge in [-0.15, -0.1) is 0 Å². The molecule has 1 aromatic carbocycles. The van der Waals surface area contributed by atoms with Gasteiger partial charge in [0.2, 0.25) is 12.3 Å². The first-order chi connectivity index (χ1) is 11.7. The molecule has 3 rings (SSSR count). The van der Waals surface area contributed by atoms with E-state index in [4.69, 9.17) is 20.9 Å². The number of rotatable bonds is 5. The smallest absolute Gasteiger partial charge is 0.227 e. The minimum Gasteiger partial charge on any atom is -0.492 e. The summed E-state index contributed by atoms with van der Waals surface area (Å²) in [5.41, 5.74) is 0.798. The molecular formula is C17H20ClN3O3. The molecular weight excluding hydrogens is 330 g/mol. The molecule has 1 saturated heterocycles. The van der Waals surface area contributed by atoms with Gasteiger partial charge in [-0.3, -0.25) is 4.79 Å². The van der Waals surface area contributed by atoms with Crippen molar-refractivity contribution in [2.75, 3.05) is 13.2 Å². The van der Waals surface area contributed by atoms with Gasteiger partial charge in [0, 0.05) is 12.1 Å². The molecule has 2 heterocycles. The third-order valence-corrected chi connectivity index (χ3v) is 4.48. The van der Waals surface area contributed by atoms with Crippen LogP contribution >= 0.6 is 11.6 Å². The second kappa shape index (κ2) is 7.66. The van der Waals surface area contributed by atoms with Crippen molar-refractivity contribution < 1.29 is 14.1 Å². The number of para-hydroxylation sites is 1. The van der Waals surface area contributed by atoms with Crippen LogP contribution in [0, 0.1) is 0 Å². The molecule has 1 amide bonds. The number of piperidine rings is 1. The molecule has 0 spiro atoms. The number of benzene rings is 1. The predicted molar refractivity (Wildman–Crippen MR) is 88.9 cm³/mol. The van der Waals surface area contributed by atoms with E-state index in [9.17, 15) is 4.79 Å². The van der Waals surface area contributed by atoms with Crippen molar-refractivity contribution in [2.24, 2.45) is 0 Å². The Bertz CT molecular complexity index is 690. The van der Waals surface area contributed by atoms with Crippen LogP contribution in [-0.4, -0.2) is 34.1 Å². The Morgan fingerprint density at radius 2 is 2.33 bits per heavy atom. The van der Waals surface area contributed by atoms with Crippen molar-refractivity contribution >= 4 is 17.5 Å². The van der Waals surface area contributed by atoms with Gasteiger partial charge < -0.3 is 14.2 Å². The fourth-order valence-electron chi connectivity index (χ4n) is 3.09. The number of nitrogens with zero attached hydrogens (tertiary/aromatic N) is 3. The van der Waals surface area contributed by atoms with Crippen molar-refractivity contribution in [3.8, 4) is 5.75 Å². The molecule has 1 fully saturated rings. The topological polar surface area (TPSA) is 68.5 Å². The minimum absolute atomic E-state index is 0.0210. The van der Waals surface area contributed by atoms with Crippen LogP contribution in [-0.2, 0) is 11.2 Å². The summed E-state index contributed by atoms with van der Waals surface area (Å²) in [7, 11) is 0. The van der Waals surface area contributed by atoms with E-state index >= 15 is 0 Å². The van der Waals surface area contributed by atoms with Crippen molar-refractivity contribution in [3.05, 3.63) is 41.0 Å². The fourth-order valence-corrected chi connectivity index (χ4v) is 3.34. The summed E-state index contributed by atoms with van der Waals surface area (Å²) in [6.45, 7) is 3.09. The Kier molecular flexibility index (Phi) is 5.35. The Morgan fingerprint density at radius 1 is 1.46 bits per heavy atom. The molecule has 1 atom stereocenters. The van der Waals surface area contributed by atoms with E-state index < -0.39 is 0 Å². The highest BCUT2D eigenvalue weighted by Crippen LogP contribution is 2.32. The summed E-state index contributed by atoms with van der Waals surface area (Å²) >= 11 is 6.20. The average molecular weight is 350 g/mol. The van der Waals surface area contributed by atoms with Gasteiger partial charge in [-0.05, 0) is 32.3 Å². The van der Waals surface area contributed by atoms with Crippen LogP contribution in [0.4, 0.5) is 0 Å². The van der Waals surface area contributed by atoms with E-state index in [0.717, 1.165) is 24.8 Å². The molecule has 128 valence electrons.